The van der Waals surface area contributed by atoms with Gasteiger partial charge in [0.2, 0.25) is 15.9 Å². The van der Waals surface area contributed by atoms with Gasteiger partial charge in [-0.2, -0.15) is 4.31 Å². The van der Waals surface area contributed by atoms with E-state index in [4.69, 9.17) is 4.42 Å². The van der Waals surface area contributed by atoms with Crippen molar-refractivity contribution < 1.29 is 12.8 Å². The molecule has 3 aromatic heterocycles. The van der Waals surface area contributed by atoms with E-state index in [1.54, 1.807) is 0 Å². The molecule has 1 aliphatic rings. The summed E-state index contributed by atoms with van der Waals surface area (Å²) >= 11 is 1.47. The minimum atomic E-state index is -3.59. The van der Waals surface area contributed by atoms with Crippen LogP contribution in [-0.4, -0.2) is 40.6 Å². The summed E-state index contributed by atoms with van der Waals surface area (Å²) in [5.41, 5.74) is -0.332. The monoisotopic (exact) mass is 392 g/mol. The van der Waals surface area contributed by atoms with Crippen molar-refractivity contribution in [2.24, 2.45) is 0 Å². The summed E-state index contributed by atoms with van der Waals surface area (Å²) < 4.78 is 33.6. The summed E-state index contributed by atoms with van der Waals surface area (Å²) in [6.07, 6.45) is 3.05. The highest BCUT2D eigenvalue weighted by molar-refractivity contribution is 7.89. The Hall–Kier alpha value is -2.30. The molecule has 0 aromatic carbocycles. The molecular formula is C16H16N4O4S2. The molecular weight excluding hydrogens is 376 g/mol. The fourth-order valence-electron chi connectivity index (χ4n) is 2.83. The van der Waals surface area contributed by atoms with Gasteiger partial charge in [-0.3, -0.25) is 4.79 Å². The van der Waals surface area contributed by atoms with Gasteiger partial charge in [0.1, 0.15) is 6.54 Å². The number of thiophene rings is 1. The second-order valence-corrected chi connectivity index (χ2v) is 8.81. The summed E-state index contributed by atoms with van der Waals surface area (Å²) in [6, 6.07) is 6.33. The predicted octanol–water partition coefficient (Wildman–Crippen LogP) is 1.79. The highest BCUT2D eigenvalue weighted by Gasteiger charge is 2.27. The smallest absolute Gasteiger partial charge is 0.257 e. The molecule has 1 aliphatic heterocycles. The molecule has 0 spiro atoms. The zero-order valence-corrected chi connectivity index (χ0v) is 15.4. The van der Waals surface area contributed by atoms with Crippen LogP contribution in [-0.2, 0) is 16.6 Å². The van der Waals surface area contributed by atoms with Crippen molar-refractivity contribution in [1.29, 1.82) is 0 Å². The lowest BCUT2D eigenvalue weighted by Gasteiger charge is -2.16. The predicted molar refractivity (Wildman–Crippen MR) is 95.4 cm³/mol. The maximum Gasteiger partial charge on any atom is 0.257 e. The summed E-state index contributed by atoms with van der Waals surface area (Å²) in [6.45, 7) is 1.03. The lowest BCUT2D eigenvalue weighted by molar-refractivity contribution is 0.471. The second kappa shape index (κ2) is 6.78. The number of rotatable bonds is 5. The molecule has 8 nitrogen and oxygen atoms in total. The minimum Gasteiger partial charge on any atom is -0.418 e. The van der Waals surface area contributed by atoms with Gasteiger partial charge < -0.3 is 8.98 Å². The van der Waals surface area contributed by atoms with Gasteiger partial charge >= 0.3 is 0 Å². The van der Waals surface area contributed by atoms with Gasteiger partial charge in [0.15, 0.2) is 0 Å². The van der Waals surface area contributed by atoms with Crippen LogP contribution >= 0.6 is 11.3 Å². The van der Waals surface area contributed by atoms with Crippen LogP contribution in [0.3, 0.4) is 0 Å². The third kappa shape index (κ3) is 3.22. The zero-order valence-electron chi connectivity index (χ0n) is 13.7. The SMILES string of the molecule is O=c1ccc(S(=O)(=O)N2CCCC2)cn1Cc1nnc(-c2cccs2)o1. The largest absolute Gasteiger partial charge is 0.418 e. The number of nitrogens with zero attached hydrogens (tertiary/aromatic N) is 4. The molecule has 0 saturated carbocycles. The Labute approximate surface area is 153 Å². The van der Waals surface area contributed by atoms with Crippen LogP contribution in [0.15, 0.2) is 49.9 Å². The van der Waals surface area contributed by atoms with E-state index in [9.17, 15) is 13.2 Å². The fourth-order valence-corrected chi connectivity index (χ4v) is 5.01. The lowest BCUT2D eigenvalue weighted by Crippen LogP contribution is -2.29. The Kier molecular flexibility index (Phi) is 4.47. The molecule has 10 heteroatoms. The van der Waals surface area contributed by atoms with Crippen molar-refractivity contribution in [3.05, 3.63) is 52.1 Å². The van der Waals surface area contributed by atoms with E-state index in [-0.39, 0.29) is 22.9 Å². The van der Waals surface area contributed by atoms with Crippen LogP contribution < -0.4 is 5.56 Å². The molecule has 26 heavy (non-hydrogen) atoms. The lowest BCUT2D eigenvalue weighted by atomic mass is 10.4. The van der Waals surface area contributed by atoms with E-state index in [0.717, 1.165) is 17.7 Å². The van der Waals surface area contributed by atoms with Crippen molar-refractivity contribution >= 4 is 21.4 Å². The van der Waals surface area contributed by atoms with Crippen LogP contribution in [0.1, 0.15) is 18.7 Å². The average molecular weight is 392 g/mol. The van der Waals surface area contributed by atoms with Crippen LogP contribution in [0, 0.1) is 0 Å². The second-order valence-electron chi connectivity index (χ2n) is 5.92. The number of aromatic nitrogens is 3. The molecule has 4 rings (SSSR count). The van der Waals surface area contributed by atoms with Crippen molar-refractivity contribution in [3.63, 3.8) is 0 Å². The Morgan fingerprint density at radius 1 is 1.15 bits per heavy atom. The molecule has 1 fully saturated rings. The summed E-state index contributed by atoms with van der Waals surface area (Å²) in [4.78, 5) is 13.1. The Morgan fingerprint density at radius 3 is 2.69 bits per heavy atom. The van der Waals surface area contributed by atoms with Crippen LogP contribution in [0.4, 0.5) is 0 Å². The maximum atomic E-state index is 12.7. The fraction of sp³-hybridized carbons (Fsp3) is 0.312. The van der Waals surface area contributed by atoms with E-state index in [0.29, 0.717) is 19.0 Å². The first-order chi connectivity index (χ1) is 12.5. The molecule has 0 amide bonds. The molecule has 0 radical (unpaired) electrons. The van der Waals surface area contributed by atoms with Crippen LogP contribution in [0.2, 0.25) is 0 Å². The van der Waals surface area contributed by atoms with E-state index in [2.05, 4.69) is 10.2 Å². The van der Waals surface area contributed by atoms with Gasteiger partial charge in [-0.1, -0.05) is 6.07 Å². The quantitative estimate of drug-likeness (QED) is 0.657. The van der Waals surface area contributed by atoms with Gasteiger partial charge in [-0.15, -0.1) is 21.5 Å². The van der Waals surface area contributed by atoms with Gasteiger partial charge in [0.05, 0.1) is 9.77 Å². The topological polar surface area (TPSA) is 98.3 Å². The standard InChI is InChI=1S/C16H16N4O4S2/c21-15-6-5-12(26(22,23)20-7-1-2-8-20)10-19(15)11-14-17-18-16(24-14)13-4-3-9-25-13/h3-6,9-10H,1-2,7-8,11H2. The van der Waals surface area contributed by atoms with Crippen LogP contribution in [0.5, 0.6) is 0 Å². The normalized spacial score (nSPS) is 15.5. The van der Waals surface area contributed by atoms with Crippen molar-refractivity contribution in [3.8, 4) is 10.8 Å². The van der Waals surface area contributed by atoms with Gasteiger partial charge in [0, 0.05) is 25.4 Å². The third-order valence-corrected chi connectivity index (χ3v) is 6.90. The Balaban J connectivity index is 1.62. The molecule has 136 valence electrons. The third-order valence-electron chi connectivity index (χ3n) is 4.16. The van der Waals surface area contributed by atoms with Gasteiger partial charge in [-0.25, -0.2) is 8.42 Å². The summed E-state index contributed by atoms with van der Waals surface area (Å²) in [7, 11) is -3.59. The highest BCUT2D eigenvalue weighted by atomic mass is 32.2. The minimum absolute atomic E-state index is 0.0145. The highest BCUT2D eigenvalue weighted by Crippen LogP contribution is 2.23. The maximum absolute atomic E-state index is 12.7. The Morgan fingerprint density at radius 2 is 1.96 bits per heavy atom. The van der Waals surface area contributed by atoms with E-state index >= 15 is 0 Å². The van der Waals surface area contributed by atoms with E-state index < -0.39 is 10.0 Å². The molecule has 0 unspecified atom stereocenters. The molecule has 4 heterocycles. The molecule has 0 N–H and O–H groups in total. The van der Waals surface area contributed by atoms with Crippen molar-refractivity contribution in [2.45, 2.75) is 24.3 Å². The first kappa shape index (κ1) is 17.1. The molecule has 3 aromatic rings. The zero-order chi connectivity index (χ0) is 18.1. The molecule has 0 aliphatic carbocycles. The summed E-state index contributed by atoms with van der Waals surface area (Å²) in [5.74, 6) is 0.620. The number of pyridine rings is 1. The van der Waals surface area contributed by atoms with Crippen molar-refractivity contribution in [2.75, 3.05) is 13.1 Å². The number of hydrogen-bond acceptors (Lipinski definition) is 7. The van der Waals surface area contributed by atoms with Gasteiger partial charge in [0.25, 0.3) is 11.4 Å². The molecule has 0 atom stereocenters. The Bertz CT molecular complexity index is 1060. The molecule has 1 saturated heterocycles. The van der Waals surface area contributed by atoms with E-state index in [1.807, 2.05) is 17.5 Å². The number of hydrogen-bond donors (Lipinski definition) is 0. The van der Waals surface area contributed by atoms with Gasteiger partial charge in [-0.05, 0) is 30.4 Å². The average Bonchev–Trinajstić information content (AvgIpc) is 3.39. The van der Waals surface area contributed by atoms with Crippen molar-refractivity contribution in [1.82, 2.24) is 19.1 Å². The van der Waals surface area contributed by atoms with Crippen LogP contribution in [0.25, 0.3) is 10.8 Å². The molecule has 0 bridgehead atoms. The summed E-state index contributed by atoms with van der Waals surface area (Å²) in [5, 5.41) is 9.82. The number of sulfonamides is 1. The first-order valence-corrected chi connectivity index (χ1v) is 10.4. The van der Waals surface area contributed by atoms with E-state index in [1.165, 1.54) is 38.5 Å². The first-order valence-electron chi connectivity index (χ1n) is 8.11.